The van der Waals surface area contributed by atoms with Gasteiger partial charge in [0.05, 0.1) is 0 Å². The van der Waals surface area contributed by atoms with Gasteiger partial charge in [0.25, 0.3) is 0 Å². The van der Waals surface area contributed by atoms with Gasteiger partial charge in [-0.3, -0.25) is 0 Å². The molecule has 2 aliphatic heterocycles. The van der Waals surface area contributed by atoms with Gasteiger partial charge in [-0.05, 0) is 97.1 Å². The smallest absolute Gasteiger partial charge is 0.179 e. The van der Waals surface area contributed by atoms with E-state index in [4.69, 9.17) is 0 Å². The summed E-state index contributed by atoms with van der Waals surface area (Å²) in [5.74, 6) is 2.28. The van der Waals surface area contributed by atoms with E-state index in [0.717, 1.165) is 36.5 Å². The zero-order chi connectivity index (χ0) is 42.3. The molecule has 0 unspecified atom stereocenters. The molecule has 8 aromatic carbocycles. The van der Waals surface area contributed by atoms with E-state index < -0.39 is 29.0 Å². The highest BCUT2D eigenvalue weighted by Gasteiger charge is 2.64. The van der Waals surface area contributed by atoms with Crippen molar-refractivity contribution < 1.29 is 44.2 Å². The fourth-order valence-electron chi connectivity index (χ4n) is 10.4. The topological polar surface area (TPSA) is 40.5 Å². The van der Waals surface area contributed by atoms with E-state index in [1.165, 1.54) is 42.4 Å². The second-order valence-corrected chi connectivity index (χ2v) is 32.5. The highest BCUT2D eigenvalue weighted by Crippen LogP contribution is 2.77. The number of halogens is 2. The standard InChI is InChI=1S/2C28H28OP2.2BrH/c2*29-24-21-30(25-13-5-1-6-14-25,26-15-7-2-8-16-26)23-31(22-24,27-17-9-3-10-18-27)28-19-11-4-12-20-28;;/h2*1-20,24,29H,21-23H2;2*1H/q2*+2;;/p-2. The number of hydrogen-bond donors (Lipinski definition) is 2. The van der Waals surface area contributed by atoms with Crippen LogP contribution in [0.4, 0.5) is 0 Å². The van der Waals surface area contributed by atoms with Crippen LogP contribution in [-0.4, -0.2) is 58.9 Å². The summed E-state index contributed by atoms with van der Waals surface area (Å²) in [7, 11) is -7.22. The van der Waals surface area contributed by atoms with E-state index >= 15 is 0 Å². The summed E-state index contributed by atoms with van der Waals surface area (Å²) in [5.41, 5.74) is 0. The minimum absolute atomic E-state index is 0. The summed E-state index contributed by atoms with van der Waals surface area (Å²) in [4.78, 5) is 0. The summed E-state index contributed by atoms with van der Waals surface area (Å²) in [5, 5.41) is 34.3. The SMILES string of the molecule is OC1C[P+](c2ccccc2)(c2ccccc2)C[P+](c2ccccc2)(c2ccccc2)C1.OC1C[P+](c2ccccc2)(c2ccccc2)C[P+](c2ccccc2)(c2ccccc2)C1.[Br-].[Br-]. The Morgan fingerprint density at radius 3 is 0.484 bits per heavy atom. The molecule has 0 bridgehead atoms. The zero-order valence-corrected chi connectivity index (χ0v) is 42.7. The third-order valence-electron chi connectivity index (χ3n) is 13.1. The van der Waals surface area contributed by atoms with Crippen molar-refractivity contribution in [1.29, 1.82) is 0 Å². The maximum atomic E-state index is 11.5. The van der Waals surface area contributed by atoms with Crippen molar-refractivity contribution in [3.63, 3.8) is 0 Å². The monoisotopic (exact) mass is 1040 g/mol. The summed E-state index contributed by atoms with van der Waals surface area (Å²) in [6.07, 6.45) is 2.84. The Labute approximate surface area is 404 Å². The molecule has 0 aliphatic carbocycles. The first-order valence-electron chi connectivity index (χ1n) is 21.8. The number of rotatable bonds is 8. The van der Waals surface area contributed by atoms with Gasteiger partial charge in [-0.2, -0.15) is 0 Å². The fourth-order valence-corrected chi connectivity index (χ4v) is 36.7. The number of hydrogen-bond acceptors (Lipinski definition) is 2. The van der Waals surface area contributed by atoms with E-state index in [9.17, 15) is 10.2 Å². The zero-order valence-electron chi connectivity index (χ0n) is 35.9. The van der Waals surface area contributed by atoms with Crippen LogP contribution in [0, 0.1) is 0 Å². The van der Waals surface area contributed by atoms with Crippen molar-refractivity contribution in [3.05, 3.63) is 243 Å². The van der Waals surface area contributed by atoms with E-state index in [2.05, 4.69) is 243 Å². The molecule has 0 radical (unpaired) electrons. The molecule has 2 N–H and O–H groups in total. The van der Waals surface area contributed by atoms with Crippen molar-refractivity contribution in [3.8, 4) is 0 Å². The molecule has 8 heteroatoms. The molecule has 2 saturated heterocycles. The lowest BCUT2D eigenvalue weighted by atomic mass is 10.4. The third-order valence-corrected chi connectivity index (χ3v) is 35.3. The summed E-state index contributed by atoms with van der Waals surface area (Å²) < 4.78 is 0. The van der Waals surface area contributed by atoms with Crippen LogP contribution in [0.5, 0.6) is 0 Å². The molecule has 0 amide bonds. The van der Waals surface area contributed by atoms with Gasteiger partial charge in [0.15, 0.2) is 11.8 Å². The summed E-state index contributed by atoms with van der Waals surface area (Å²) in [6, 6.07) is 88.1. The lowest BCUT2D eigenvalue weighted by molar-refractivity contribution is -0.001000. The Balaban J connectivity index is 0.000000186. The minimum atomic E-state index is -1.80. The molecule has 10 rings (SSSR count). The van der Waals surface area contributed by atoms with Crippen LogP contribution in [-0.2, 0) is 0 Å². The first-order valence-corrected chi connectivity index (χ1v) is 30.4. The highest BCUT2D eigenvalue weighted by atomic mass is 79.9. The first kappa shape index (κ1) is 48.3. The van der Waals surface area contributed by atoms with Gasteiger partial charge in [-0.1, -0.05) is 146 Å². The van der Waals surface area contributed by atoms with Gasteiger partial charge < -0.3 is 44.2 Å². The van der Waals surface area contributed by atoms with Gasteiger partial charge in [-0.25, -0.2) is 0 Å². The molecule has 0 spiro atoms. The quantitative estimate of drug-likeness (QED) is 0.230. The average Bonchev–Trinajstić information content (AvgIpc) is 3.36. The van der Waals surface area contributed by atoms with Crippen LogP contribution in [0.1, 0.15) is 0 Å². The van der Waals surface area contributed by atoms with E-state index in [1.807, 2.05) is 0 Å². The Kier molecular flexibility index (Phi) is 16.4. The van der Waals surface area contributed by atoms with Crippen molar-refractivity contribution in [2.24, 2.45) is 0 Å². The predicted molar refractivity (Wildman–Crippen MR) is 278 cm³/mol. The molecule has 2 aliphatic rings. The van der Waals surface area contributed by atoms with Gasteiger partial charge >= 0.3 is 0 Å². The number of aliphatic hydroxyl groups is 2. The first-order chi connectivity index (χ1) is 30.5. The molecule has 2 heterocycles. The minimum Gasteiger partial charge on any atom is -1.00 e. The largest absolute Gasteiger partial charge is 1.00 e. The van der Waals surface area contributed by atoms with E-state index in [-0.39, 0.29) is 46.2 Å². The van der Waals surface area contributed by atoms with Crippen molar-refractivity contribution in [2.45, 2.75) is 12.2 Å². The molecule has 0 aromatic heterocycles. The van der Waals surface area contributed by atoms with E-state index in [0.29, 0.717) is 0 Å². The van der Waals surface area contributed by atoms with Crippen molar-refractivity contribution in [2.75, 3.05) is 36.5 Å². The van der Waals surface area contributed by atoms with Crippen molar-refractivity contribution >= 4 is 71.5 Å². The van der Waals surface area contributed by atoms with Crippen LogP contribution < -0.4 is 76.4 Å². The number of benzene rings is 8. The van der Waals surface area contributed by atoms with Gasteiger partial charge in [0.2, 0.25) is 0 Å². The predicted octanol–water partition coefficient (Wildman–Crippen LogP) is 3.32. The normalized spacial score (nSPS) is 17.3. The second-order valence-electron chi connectivity index (χ2n) is 16.9. The maximum Gasteiger partial charge on any atom is 0.179 e. The highest BCUT2D eigenvalue weighted by molar-refractivity contribution is 8.05. The molecule has 0 saturated carbocycles. The Hall–Kier alpha value is -3.64. The van der Waals surface area contributed by atoms with Crippen LogP contribution in [0.25, 0.3) is 0 Å². The summed E-state index contributed by atoms with van der Waals surface area (Å²) >= 11 is 0. The Morgan fingerprint density at radius 1 is 0.234 bits per heavy atom. The third kappa shape index (κ3) is 9.75. The summed E-state index contributed by atoms with van der Waals surface area (Å²) in [6.45, 7) is 0. The van der Waals surface area contributed by atoms with Crippen LogP contribution >= 0.6 is 29.0 Å². The fraction of sp³-hybridized carbons (Fsp3) is 0.143. The molecule has 2 fully saturated rings. The molecular weight excluding hydrogens is 988 g/mol. The van der Waals surface area contributed by atoms with Crippen LogP contribution in [0.15, 0.2) is 243 Å². The average molecular weight is 1040 g/mol. The second kappa shape index (κ2) is 21.8. The van der Waals surface area contributed by atoms with Crippen molar-refractivity contribution in [1.82, 2.24) is 0 Å². The Morgan fingerprint density at radius 2 is 0.359 bits per heavy atom. The molecular formula is C56H56Br2O2P4+2. The molecule has 324 valence electrons. The Bertz CT molecular complexity index is 2090. The van der Waals surface area contributed by atoms with Gasteiger partial charge in [0, 0.05) is 0 Å². The molecule has 2 nitrogen and oxygen atoms in total. The number of aliphatic hydroxyl groups excluding tert-OH is 2. The van der Waals surface area contributed by atoms with Gasteiger partial charge in [-0.15, -0.1) is 0 Å². The van der Waals surface area contributed by atoms with Crippen LogP contribution in [0.2, 0.25) is 0 Å². The maximum absolute atomic E-state index is 11.5. The molecule has 0 atom stereocenters. The van der Waals surface area contributed by atoms with Crippen LogP contribution in [0.3, 0.4) is 0 Å². The lowest BCUT2D eigenvalue weighted by Crippen LogP contribution is -3.00. The lowest BCUT2D eigenvalue weighted by Gasteiger charge is -2.40. The van der Waals surface area contributed by atoms with Gasteiger partial charge in [0.1, 0.15) is 108 Å². The molecule has 8 aromatic rings. The van der Waals surface area contributed by atoms with E-state index in [1.54, 1.807) is 0 Å². The molecule has 64 heavy (non-hydrogen) atoms.